The third-order valence-corrected chi connectivity index (χ3v) is 3.63. The average Bonchev–Trinajstić information content (AvgIpc) is 2.68. The Balaban J connectivity index is 2.17. The summed E-state index contributed by atoms with van der Waals surface area (Å²) in [5.41, 5.74) is 1.54. The van der Waals surface area contributed by atoms with E-state index in [2.05, 4.69) is 18.3 Å². The van der Waals surface area contributed by atoms with Crippen molar-refractivity contribution in [3.05, 3.63) is 28.8 Å². The van der Waals surface area contributed by atoms with Crippen LogP contribution < -0.4 is 5.32 Å². The predicted octanol–water partition coefficient (Wildman–Crippen LogP) is 3.81. The molecular formula is C13H15ClN2. The maximum Gasteiger partial charge on any atom is 0.0992 e. The van der Waals surface area contributed by atoms with Gasteiger partial charge in [-0.05, 0) is 37.0 Å². The SMILES string of the molecule is CC1CCCC1Nc1cc(C#N)ccc1Cl. The molecule has 0 amide bonds. The van der Waals surface area contributed by atoms with Crippen molar-refractivity contribution < 1.29 is 0 Å². The van der Waals surface area contributed by atoms with Crippen molar-refractivity contribution >= 4 is 17.3 Å². The van der Waals surface area contributed by atoms with Crippen LogP contribution in [0.2, 0.25) is 5.02 Å². The first kappa shape index (κ1) is 11.3. The zero-order valence-corrected chi connectivity index (χ0v) is 10.1. The van der Waals surface area contributed by atoms with Gasteiger partial charge in [-0.3, -0.25) is 0 Å². The smallest absolute Gasteiger partial charge is 0.0992 e. The Kier molecular flexibility index (Phi) is 3.36. The van der Waals surface area contributed by atoms with E-state index in [0.717, 1.165) is 5.69 Å². The molecule has 1 fully saturated rings. The van der Waals surface area contributed by atoms with E-state index >= 15 is 0 Å². The second-order valence-corrected chi connectivity index (χ2v) is 4.87. The molecule has 1 aliphatic rings. The molecule has 2 unspecified atom stereocenters. The zero-order chi connectivity index (χ0) is 11.5. The minimum Gasteiger partial charge on any atom is -0.381 e. The molecule has 0 aliphatic heterocycles. The number of rotatable bonds is 2. The van der Waals surface area contributed by atoms with Gasteiger partial charge in [0, 0.05) is 6.04 Å². The summed E-state index contributed by atoms with van der Waals surface area (Å²) in [5.74, 6) is 0.682. The van der Waals surface area contributed by atoms with E-state index in [9.17, 15) is 0 Å². The Morgan fingerprint density at radius 2 is 2.25 bits per heavy atom. The molecular weight excluding hydrogens is 220 g/mol. The van der Waals surface area contributed by atoms with E-state index in [1.54, 1.807) is 12.1 Å². The van der Waals surface area contributed by atoms with Crippen molar-refractivity contribution in [1.82, 2.24) is 0 Å². The Hall–Kier alpha value is -1.20. The van der Waals surface area contributed by atoms with Crippen LogP contribution in [-0.4, -0.2) is 6.04 Å². The number of hydrogen-bond acceptors (Lipinski definition) is 2. The topological polar surface area (TPSA) is 35.8 Å². The van der Waals surface area contributed by atoms with Crippen molar-refractivity contribution in [3.8, 4) is 6.07 Å². The fourth-order valence-corrected chi connectivity index (χ4v) is 2.44. The van der Waals surface area contributed by atoms with Crippen LogP contribution in [0.4, 0.5) is 5.69 Å². The molecule has 16 heavy (non-hydrogen) atoms. The van der Waals surface area contributed by atoms with Gasteiger partial charge >= 0.3 is 0 Å². The predicted molar refractivity (Wildman–Crippen MR) is 66.6 cm³/mol. The second kappa shape index (κ2) is 4.76. The van der Waals surface area contributed by atoms with E-state index < -0.39 is 0 Å². The minimum atomic E-state index is 0.492. The molecule has 0 bridgehead atoms. The van der Waals surface area contributed by atoms with Gasteiger partial charge in [-0.1, -0.05) is 24.9 Å². The molecule has 1 aromatic carbocycles. The highest BCUT2D eigenvalue weighted by atomic mass is 35.5. The van der Waals surface area contributed by atoms with Gasteiger partial charge in [0.05, 0.1) is 22.3 Å². The second-order valence-electron chi connectivity index (χ2n) is 4.47. The lowest BCUT2D eigenvalue weighted by molar-refractivity contribution is 0.556. The lowest BCUT2D eigenvalue weighted by Gasteiger charge is -2.19. The minimum absolute atomic E-state index is 0.492. The zero-order valence-electron chi connectivity index (χ0n) is 9.33. The molecule has 2 rings (SSSR count). The lowest BCUT2D eigenvalue weighted by Crippen LogP contribution is -2.21. The van der Waals surface area contributed by atoms with Crippen molar-refractivity contribution in [1.29, 1.82) is 5.26 Å². The van der Waals surface area contributed by atoms with E-state index in [1.165, 1.54) is 19.3 Å². The van der Waals surface area contributed by atoms with Crippen LogP contribution in [0.3, 0.4) is 0 Å². The quantitative estimate of drug-likeness (QED) is 0.845. The average molecular weight is 235 g/mol. The molecule has 84 valence electrons. The summed E-state index contributed by atoms with van der Waals surface area (Å²) in [6, 6.07) is 7.97. The Labute approximate surface area is 101 Å². The molecule has 1 aliphatic carbocycles. The summed E-state index contributed by atoms with van der Waals surface area (Å²) in [6.07, 6.45) is 3.73. The van der Waals surface area contributed by atoms with Crippen molar-refractivity contribution in [3.63, 3.8) is 0 Å². The molecule has 1 saturated carbocycles. The van der Waals surface area contributed by atoms with Crippen LogP contribution in [-0.2, 0) is 0 Å². The van der Waals surface area contributed by atoms with Gasteiger partial charge < -0.3 is 5.32 Å². The highest BCUT2D eigenvalue weighted by Gasteiger charge is 2.23. The van der Waals surface area contributed by atoms with Gasteiger partial charge in [0.25, 0.3) is 0 Å². The number of hydrogen-bond donors (Lipinski definition) is 1. The van der Waals surface area contributed by atoms with E-state index in [-0.39, 0.29) is 0 Å². The van der Waals surface area contributed by atoms with Crippen LogP contribution in [0.15, 0.2) is 18.2 Å². The van der Waals surface area contributed by atoms with E-state index in [4.69, 9.17) is 16.9 Å². The molecule has 0 aromatic heterocycles. The normalized spacial score (nSPS) is 24.1. The summed E-state index contributed by atoms with van der Waals surface area (Å²) >= 11 is 6.11. The fourth-order valence-electron chi connectivity index (χ4n) is 2.27. The van der Waals surface area contributed by atoms with Gasteiger partial charge in [-0.2, -0.15) is 5.26 Å². The first-order valence-electron chi connectivity index (χ1n) is 5.67. The number of nitrogens with one attached hydrogen (secondary N) is 1. The van der Waals surface area contributed by atoms with Gasteiger partial charge in [-0.25, -0.2) is 0 Å². The molecule has 0 radical (unpaired) electrons. The molecule has 0 heterocycles. The van der Waals surface area contributed by atoms with Crippen molar-refractivity contribution in [2.75, 3.05) is 5.32 Å². The lowest BCUT2D eigenvalue weighted by atomic mass is 10.1. The summed E-state index contributed by atoms with van der Waals surface area (Å²) < 4.78 is 0. The molecule has 1 N–H and O–H groups in total. The van der Waals surface area contributed by atoms with E-state index in [1.807, 2.05) is 6.07 Å². The molecule has 2 atom stereocenters. The summed E-state index contributed by atoms with van der Waals surface area (Å²) in [7, 11) is 0. The first-order chi connectivity index (χ1) is 7.70. The standard InChI is InChI=1S/C13H15ClN2/c1-9-3-2-4-12(9)16-13-7-10(8-15)5-6-11(13)14/h5-7,9,12,16H,2-4H2,1H3. The van der Waals surface area contributed by atoms with E-state index in [0.29, 0.717) is 22.5 Å². The van der Waals surface area contributed by atoms with Crippen LogP contribution >= 0.6 is 11.6 Å². The molecule has 0 spiro atoms. The van der Waals surface area contributed by atoms with Crippen LogP contribution in [0, 0.1) is 17.2 Å². The molecule has 2 nitrogen and oxygen atoms in total. The summed E-state index contributed by atoms with van der Waals surface area (Å²) in [5, 5.41) is 13.0. The highest BCUT2D eigenvalue weighted by molar-refractivity contribution is 6.33. The number of nitrogens with zero attached hydrogens (tertiary/aromatic N) is 1. The number of halogens is 1. The maximum atomic E-state index is 8.84. The summed E-state index contributed by atoms with van der Waals surface area (Å²) in [6.45, 7) is 2.26. The van der Waals surface area contributed by atoms with Crippen molar-refractivity contribution in [2.45, 2.75) is 32.2 Å². The Morgan fingerprint density at radius 3 is 2.88 bits per heavy atom. The van der Waals surface area contributed by atoms with Crippen LogP contribution in [0.1, 0.15) is 31.7 Å². The third kappa shape index (κ3) is 2.31. The van der Waals surface area contributed by atoms with Gasteiger partial charge in [-0.15, -0.1) is 0 Å². The fraction of sp³-hybridized carbons (Fsp3) is 0.462. The first-order valence-corrected chi connectivity index (χ1v) is 6.04. The third-order valence-electron chi connectivity index (χ3n) is 3.30. The van der Waals surface area contributed by atoms with Gasteiger partial charge in [0.15, 0.2) is 0 Å². The Morgan fingerprint density at radius 1 is 1.44 bits per heavy atom. The highest BCUT2D eigenvalue weighted by Crippen LogP contribution is 2.31. The maximum absolute atomic E-state index is 8.84. The molecule has 3 heteroatoms. The molecule has 1 aromatic rings. The number of anilines is 1. The van der Waals surface area contributed by atoms with Gasteiger partial charge in [0.1, 0.15) is 0 Å². The van der Waals surface area contributed by atoms with Gasteiger partial charge in [0.2, 0.25) is 0 Å². The van der Waals surface area contributed by atoms with Crippen LogP contribution in [0.25, 0.3) is 0 Å². The van der Waals surface area contributed by atoms with Crippen LogP contribution in [0.5, 0.6) is 0 Å². The number of nitriles is 1. The number of benzene rings is 1. The van der Waals surface area contributed by atoms with Crippen molar-refractivity contribution in [2.24, 2.45) is 5.92 Å². The Bertz CT molecular complexity index is 422. The largest absolute Gasteiger partial charge is 0.381 e. The summed E-state index contributed by atoms with van der Waals surface area (Å²) in [4.78, 5) is 0. The molecule has 0 saturated heterocycles. The monoisotopic (exact) mass is 234 g/mol.